The number of aryl methyl sites for hydroxylation is 3. The largest absolute Gasteiger partial charge is 0.480 e. The quantitative estimate of drug-likeness (QED) is 0.905. The van der Waals surface area contributed by atoms with E-state index < -0.39 is 12.0 Å². The molecule has 0 bridgehead atoms. The van der Waals surface area contributed by atoms with E-state index in [0.29, 0.717) is 12.3 Å². The van der Waals surface area contributed by atoms with Gasteiger partial charge in [0.1, 0.15) is 6.04 Å². The van der Waals surface area contributed by atoms with E-state index in [9.17, 15) is 9.59 Å². The highest BCUT2D eigenvalue weighted by molar-refractivity contribution is 8.00. The fourth-order valence-corrected chi connectivity index (χ4v) is 3.63. The van der Waals surface area contributed by atoms with Crippen LogP contribution in [0, 0.1) is 13.8 Å². The molecule has 1 aromatic rings. The molecule has 2 atom stereocenters. The van der Waals surface area contributed by atoms with Crippen LogP contribution in [0.25, 0.3) is 0 Å². The third kappa shape index (κ3) is 2.98. The van der Waals surface area contributed by atoms with Crippen LogP contribution >= 0.6 is 11.8 Å². The number of carboxylic acids is 1. The number of carbonyl (C=O) groups is 2. The summed E-state index contributed by atoms with van der Waals surface area (Å²) in [6.45, 7) is 6.21. The number of aromatic nitrogens is 2. The summed E-state index contributed by atoms with van der Waals surface area (Å²) in [6.07, 6.45) is 0.274. The van der Waals surface area contributed by atoms with Crippen LogP contribution in [0.3, 0.4) is 0 Å². The highest BCUT2D eigenvalue weighted by Crippen LogP contribution is 2.29. The summed E-state index contributed by atoms with van der Waals surface area (Å²) in [7, 11) is 0. The smallest absolute Gasteiger partial charge is 0.327 e. The maximum Gasteiger partial charge on any atom is 0.327 e. The van der Waals surface area contributed by atoms with Crippen LogP contribution in [0.15, 0.2) is 6.07 Å². The fraction of sp³-hybridized carbons (Fsp3) is 0.615. The average molecular weight is 297 g/mol. The minimum absolute atomic E-state index is 0.0796. The molecule has 1 N–H and O–H groups in total. The van der Waals surface area contributed by atoms with Gasteiger partial charge in [-0.25, -0.2) is 4.79 Å². The van der Waals surface area contributed by atoms with E-state index >= 15 is 0 Å². The molecule has 0 saturated carbocycles. The van der Waals surface area contributed by atoms with Gasteiger partial charge in [-0.1, -0.05) is 0 Å². The Kier molecular flexibility index (Phi) is 4.37. The third-order valence-corrected chi connectivity index (χ3v) is 4.65. The first-order chi connectivity index (χ1) is 9.40. The molecule has 20 heavy (non-hydrogen) atoms. The van der Waals surface area contributed by atoms with Crippen molar-refractivity contribution in [1.82, 2.24) is 14.7 Å². The maximum atomic E-state index is 12.3. The van der Waals surface area contributed by atoms with Gasteiger partial charge in [0, 0.05) is 24.4 Å². The molecule has 2 heterocycles. The van der Waals surface area contributed by atoms with E-state index in [1.807, 2.05) is 26.8 Å². The van der Waals surface area contributed by atoms with Gasteiger partial charge in [0.2, 0.25) is 5.91 Å². The van der Waals surface area contributed by atoms with Crippen molar-refractivity contribution >= 4 is 23.6 Å². The van der Waals surface area contributed by atoms with Crippen LogP contribution in [0.4, 0.5) is 0 Å². The Bertz CT molecular complexity index is 529. The molecule has 1 aliphatic heterocycles. The van der Waals surface area contributed by atoms with Crippen molar-refractivity contribution in [1.29, 1.82) is 0 Å². The minimum Gasteiger partial charge on any atom is -0.480 e. The van der Waals surface area contributed by atoms with Crippen molar-refractivity contribution < 1.29 is 14.7 Å². The predicted octanol–water partition coefficient (Wildman–Crippen LogP) is 1.26. The standard InChI is InChI=1S/C13H19N3O3S/c1-8-6-9(2)15(14-8)5-4-12(17)16-10(3)20-7-11(16)13(18)19/h6,10-11H,4-5,7H2,1-3H3,(H,18,19). The summed E-state index contributed by atoms with van der Waals surface area (Å²) >= 11 is 1.50. The topological polar surface area (TPSA) is 75.4 Å². The second-order valence-corrected chi connectivity index (χ2v) is 6.34. The number of hydrogen-bond acceptors (Lipinski definition) is 4. The van der Waals surface area contributed by atoms with Crippen LogP contribution in [-0.4, -0.2) is 48.8 Å². The fourth-order valence-electron chi connectivity index (χ4n) is 2.44. The van der Waals surface area contributed by atoms with Gasteiger partial charge >= 0.3 is 5.97 Å². The first-order valence-corrected chi connectivity index (χ1v) is 7.61. The Hall–Kier alpha value is -1.50. The molecule has 1 saturated heterocycles. The SMILES string of the molecule is Cc1cc(C)n(CCC(=O)N2C(C)SCC2C(=O)O)n1. The van der Waals surface area contributed by atoms with Crippen LogP contribution in [0.5, 0.6) is 0 Å². The van der Waals surface area contributed by atoms with E-state index in [-0.39, 0.29) is 17.7 Å². The number of amides is 1. The molecule has 1 aliphatic rings. The van der Waals surface area contributed by atoms with E-state index in [4.69, 9.17) is 5.11 Å². The molecule has 1 amide bonds. The summed E-state index contributed by atoms with van der Waals surface area (Å²) < 4.78 is 1.79. The van der Waals surface area contributed by atoms with Crippen LogP contribution in [0.2, 0.25) is 0 Å². The zero-order valence-electron chi connectivity index (χ0n) is 11.9. The lowest BCUT2D eigenvalue weighted by Crippen LogP contribution is -2.45. The number of thioether (sulfide) groups is 1. The molecule has 2 rings (SSSR count). The van der Waals surface area contributed by atoms with E-state index in [1.165, 1.54) is 16.7 Å². The Balaban J connectivity index is 2.00. The molecule has 0 radical (unpaired) electrons. The summed E-state index contributed by atoms with van der Waals surface area (Å²) in [5.74, 6) is -0.592. The second kappa shape index (κ2) is 5.87. The highest BCUT2D eigenvalue weighted by atomic mass is 32.2. The lowest BCUT2D eigenvalue weighted by atomic mass is 10.2. The Morgan fingerprint density at radius 2 is 2.20 bits per heavy atom. The van der Waals surface area contributed by atoms with Gasteiger partial charge in [0.25, 0.3) is 0 Å². The van der Waals surface area contributed by atoms with Gasteiger partial charge in [-0.3, -0.25) is 9.48 Å². The number of carboxylic acid groups (broad SMARTS) is 1. The Labute approximate surface area is 122 Å². The van der Waals surface area contributed by atoms with E-state index in [1.54, 1.807) is 4.68 Å². The Morgan fingerprint density at radius 1 is 1.50 bits per heavy atom. The number of nitrogens with zero attached hydrogens (tertiary/aromatic N) is 3. The molecule has 1 aromatic heterocycles. The molecule has 2 unspecified atom stereocenters. The number of hydrogen-bond donors (Lipinski definition) is 1. The number of carbonyl (C=O) groups excluding carboxylic acids is 1. The molecule has 1 fully saturated rings. The van der Waals surface area contributed by atoms with E-state index in [2.05, 4.69) is 5.10 Å². The highest BCUT2D eigenvalue weighted by Gasteiger charge is 2.39. The molecule has 0 spiro atoms. The zero-order valence-corrected chi connectivity index (χ0v) is 12.7. The van der Waals surface area contributed by atoms with Crippen molar-refractivity contribution in [3.8, 4) is 0 Å². The van der Waals surface area contributed by atoms with Gasteiger partial charge in [-0.2, -0.15) is 5.10 Å². The second-order valence-electron chi connectivity index (χ2n) is 4.99. The van der Waals surface area contributed by atoms with Gasteiger partial charge in [-0.15, -0.1) is 11.8 Å². The molecule has 110 valence electrons. The Morgan fingerprint density at radius 3 is 2.75 bits per heavy atom. The van der Waals surface area contributed by atoms with Gasteiger partial charge in [0.15, 0.2) is 0 Å². The molecule has 6 nitrogen and oxygen atoms in total. The van der Waals surface area contributed by atoms with Gasteiger partial charge in [-0.05, 0) is 26.8 Å². The molecular formula is C13H19N3O3S. The first kappa shape index (κ1) is 14.9. The molecule has 7 heteroatoms. The summed E-state index contributed by atoms with van der Waals surface area (Å²) in [4.78, 5) is 24.9. The predicted molar refractivity (Wildman–Crippen MR) is 76.5 cm³/mol. The molecular weight excluding hydrogens is 278 g/mol. The van der Waals surface area contributed by atoms with Crippen LogP contribution in [-0.2, 0) is 16.1 Å². The normalized spacial score (nSPS) is 22.2. The van der Waals surface area contributed by atoms with Crippen LogP contribution in [0.1, 0.15) is 24.7 Å². The number of rotatable bonds is 4. The third-order valence-electron chi connectivity index (χ3n) is 3.44. The zero-order chi connectivity index (χ0) is 14.9. The minimum atomic E-state index is -0.929. The summed E-state index contributed by atoms with van der Waals surface area (Å²) in [5.41, 5.74) is 1.93. The van der Waals surface area contributed by atoms with Gasteiger partial charge in [0.05, 0.1) is 11.1 Å². The number of aliphatic carboxylic acids is 1. The summed E-state index contributed by atoms with van der Waals surface area (Å²) in [5, 5.41) is 13.4. The lowest BCUT2D eigenvalue weighted by molar-refractivity contribution is -0.149. The van der Waals surface area contributed by atoms with E-state index in [0.717, 1.165) is 11.4 Å². The van der Waals surface area contributed by atoms with Crippen molar-refractivity contribution in [3.63, 3.8) is 0 Å². The maximum absolute atomic E-state index is 12.3. The average Bonchev–Trinajstić information content (AvgIpc) is 2.89. The lowest BCUT2D eigenvalue weighted by Gasteiger charge is -2.25. The van der Waals surface area contributed by atoms with Crippen molar-refractivity contribution in [2.45, 2.75) is 45.2 Å². The molecule has 0 aliphatic carbocycles. The molecule has 0 aromatic carbocycles. The monoisotopic (exact) mass is 297 g/mol. The summed E-state index contributed by atoms with van der Waals surface area (Å²) in [6, 6.07) is 1.25. The van der Waals surface area contributed by atoms with Crippen molar-refractivity contribution in [3.05, 3.63) is 17.5 Å². The first-order valence-electron chi connectivity index (χ1n) is 6.56. The van der Waals surface area contributed by atoms with Crippen molar-refractivity contribution in [2.75, 3.05) is 5.75 Å². The van der Waals surface area contributed by atoms with Gasteiger partial charge < -0.3 is 10.0 Å². The van der Waals surface area contributed by atoms with Crippen LogP contribution < -0.4 is 0 Å². The van der Waals surface area contributed by atoms with Crippen molar-refractivity contribution in [2.24, 2.45) is 0 Å².